The van der Waals surface area contributed by atoms with E-state index >= 15 is 0 Å². The Hall–Kier alpha value is -1.48. The highest BCUT2D eigenvalue weighted by molar-refractivity contribution is 9.10. The minimum absolute atomic E-state index is 0.684. The van der Waals surface area contributed by atoms with E-state index in [1.807, 2.05) is 24.3 Å². The summed E-state index contributed by atoms with van der Waals surface area (Å²) >= 11 is 3.42. The SMILES string of the molecule is CCN(CCOc1ccc(Br)cc1)c1ccc(C)cc1. The van der Waals surface area contributed by atoms with Crippen molar-refractivity contribution in [2.24, 2.45) is 0 Å². The molecule has 0 N–H and O–H groups in total. The minimum atomic E-state index is 0.684. The second-order valence-electron chi connectivity index (χ2n) is 4.72. The van der Waals surface area contributed by atoms with Crippen LogP contribution in [-0.2, 0) is 0 Å². The molecule has 0 bridgehead atoms. The summed E-state index contributed by atoms with van der Waals surface area (Å²) in [6, 6.07) is 16.6. The van der Waals surface area contributed by atoms with E-state index in [9.17, 15) is 0 Å². The third-order valence-electron chi connectivity index (χ3n) is 3.22. The molecule has 2 rings (SSSR count). The molecule has 0 unspecified atom stereocenters. The Morgan fingerprint density at radius 1 is 1.00 bits per heavy atom. The fourth-order valence-corrected chi connectivity index (χ4v) is 2.29. The molecule has 2 aromatic carbocycles. The number of likely N-dealkylation sites (N-methyl/N-ethyl adjacent to an activating group) is 1. The van der Waals surface area contributed by atoms with E-state index in [1.165, 1.54) is 11.3 Å². The number of benzene rings is 2. The molecule has 0 saturated heterocycles. The molecule has 0 amide bonds. The van der Waals surface area contributed by atoms with E-state index in [-0.39, 0.29) is 0 Å². The van der Waals surface area contributed by atoms with Gasteiger partial charge in [0.2, 0.25) is 0 Å². The summed E-state index contributed by atoms with van der Waals surface area (Å²) in [7, 11) is 0. The molecule has 0 aliphatic carbocycles. The summed E-state index contributed by atoms with van der Waals surface area (Å²) < 4.78 is 6.85. The van der Waals surface area contributed by atoms with E-state index < -0.39 is 0 Å². The average molecular weight is 334 g/mol. The van der Waals surface area contributed by atoms with Crippen molar-refractivity contribution in [3.05, 3.63) is 58.6 Å². The molecule has 106 valence electrons. The highest BCUT2D eigenvalue weighted by Crippen LogP contribution is 2.17. The van der Waals surface area contributed by atoms with Gasteiger partial charge in [-0.15, -0.1) is 0 Å². The van der Waals surface area contributed by atoms with E-state index in [1.54, 1.807) is 0 Å². The molecule has 0 radical (unpaired) electrons. The van der Waals surface area contributed by atoms with Crippen LogP contribution < -0.4 is 9.64 Å². The highest BCUT2D eigenvalue weighted by Gasteiger charge is 2.04. The van der Waals surface area contributed by atoms with Crippen LogP contribution in [0.4, 0.5) is 5.69 Å². The van der Waals surface area contributed by atoms with Gasteiger partial charge >= 0.3 is 0 Å². The van der Waals surface area contributed by atoms with Gasteiger partial charge in [-0.25, -0.2) is 0 Å². The Balaban J connectivity index is 1.87. The third-order valence-corrected chi connectivity index (χ3v) is 3.75. The van der Waals surface area contributed by atoms with E-state index in [2.05, 4.69) is 58.9 Å². The van der Waals surface area contributed by atoms with E-state index in [0.717, 1.165) is 23.3 Å². The predicted octanol–water partition coefficient (Wildman–Crippen LogP) is 4.66. The van der Waals surface area contributed by atoms with Gasteiger partial charge in [-0.05, 0) is 50.2 Å². The number of aryl methyl sites for hydroxylation is 1. The van der Waals surface area contributed by atoms with Gasteiger partial charge in [0.1, 0.15) is 12.4 Å². The van der Waals surface area contributed by atoms with Gasteiger partial charge in [0, 0.05) is 16.7 Å². The van der Waals surface area contributed by atoms with E-state index in [0.29, 0.717) is 6.61 Å². The zero-order valence-electron chi connectivity index (χ0n) is 12.0. The lowest BCUT2D eigenvalue weighted by molar-refractivity contribution is 0.324. The number of anilines is 1. The van der Waals surface area contributed by atoms with Crippen LogP contribution >= 0.6 is 15.9 Å². The summed E-state index contributed by atoms with van der Waals surface area (Å²) in [5.41, 5.74) is 2.54. The van der Waals surface area contributed by atoms with E-state index in [4.69, 9.17) is 4.74 Å². The number of nitrogens with zero attached hydrogens (tertiary/aromatic N) is 1. The molecule has 0 saturated carbocycles. The van der Waals surface area contributed by atoms with Crippen molar-refractivity contribution in [1.82, 2.24) is 0 Å². The Morgan fingerprint density at radius 2 is 1.65 bits per heavy atom. The molecule has 0 aliphatic rings. The number of halogens is 1. The zero-order chi connectivity index (χ0) is 14.4. The standard InChI is InChI=1S/C17H20BrNO/c1-3-19(16-8-4-14(2)5-9-16)12-13-20-17-10-6-15(18)7-11-17/h4-11H,3,12-13H2,1-2H3. The molecule has 0 heterocycles. The van der Waals surface area contributed by atoms with Gasteiger partial charge in [0.25, 0.3) is 0 Å². The predicted molar refractivity (Wildman–Crippen MR) is 88.7 cm³/mol. The van der Waals surface area contributed by atoms with Gasteiger partial charge in [-0.2, -0.15) is 0 Å². The van der Waals surface area contributed by atoms with Gasteiger partial charge in [0.15, 0.2) is 0 Å². The molecule has 2 nitrogen and oxygen atoms in total. The molecule has 0 spiro atoms. The topological polar surface area (TPSA) is 12.5 Å². The van der Waals surface area contributed by atoms with Crippen LogP contribution in [0, 0.1) is 6.92 Å². The Kier molecular flexibility index (Phi) is 5.48. The number of ether oxygens (including phenoxy) is 1. The average Bonchev–Trinajstić information content (AvgIpc) is 2.47. The summed E-state index contributed by atoms with van der Waals surface area (Å²) in [6.45, 7) is 6.82. The molecule has 3 heteroatoms. The first kappa shape index (κ1) is 14.9. The summed E-state index contributed by atoms with van der Waals surface area (Å²) in [6.07, 6.45) is 0. The van der Waals surface area contributed by atoms with Crippen molar-refractivity contribution in [2.75, 3.05) is 24.6 Å². The first-order chi connectivity index (χ1) is 9.69. The molecule has 0 aromatic heterocycles. The lowest BCUT2D eigenvalue weighted by Gasteiger charge is -2.23. The lowest BCUT2D eigenvalue weighted by atomic mass is 10.2. The van der Waals surface area contributed by atoms with Gasteiger partial charge in [-0.3, -0.25) is 0 Å². The minimum Gasteiger partial charge on any atom is -0.492 e. The molecule has 20 heavy (non-hydrogen) atoms. The van der Waals surface area contributed by atoms with Crippen LogP contribution in [0.3, 0.4) is 0 Å². The molecule has 0 atom stereocenters. The summed E-state index contributed by atoms with van der Waals surface area (Å²) in [5.74, 6) is 0.910. The van der Waals surface area contributed by atoms with Crippen LogP contribution in [0.25, 0.3) is 0 Å². The molecule has 0 aliphatic heterocycles. The fourth-order valence-electron chi connectivity index (χ4n) is 2.03. The molecule has 0 fully saturated rings. The normalized spacial score (nSPS) is 10.3. The van der Waals surface area contributed by atoms with Crippen molar-refractivity contribution >= 4 is 21.6 Å². The summed E-state index contributed by atoms with van der Waals surface area (Å²) in [5, 5.41) is 0. The van der Waals surface area contributed by atoms with Crippen LogP contribution in [0.1, 0.15) is 12.5 Å². The van der Waals surface area contributed by atoms with Crippen molar-refractivity contribution in [2.45, 2.75) is 13.8 Å². The van der Waals surface area contributed by atoms with Crippen LogP contribution in [-0.4, -0.2) is 19.7 Å². The number of rotatable bonds is 6. The second kappa shape index (κ2) is 7.34. The van der Waals surface area contributed by atoms with Crippen molar-refractivity contribution < 1.29 is 4.74 Å². The van der Waals surface area contributed by atoms with Crippen molar-refractivity contribution in [1.29, 1.82) is 0 Å². The first-order valence-electron chi connectivity index (χ1n) is 6.89. The number of hydrogen-bond donors (Lipinski definition) is 0. The third kappa shape index (κ3) is 4.27. The largest absolute Gasteiger partial charge is 0.492 e. The quantitative estimate of drug-likeness (QED) is 0.762. The van der Waals surface area contributed by atoms with Crippen molar-refractivity contribution in [3.63, 3.8) is 0 Å². The first-order valence-corrected chi connectivity index (χ1v) is 7.68. The monoisotopic (exact) mass is 333 g/mol. The lowest BCUT2D eigenvalue weighted by Crippen LogP contribution is -2.27. The van der Waals surface area contributed by atoms with Crippen molar-refractivity contribution in [3.8, 4) is 5.75 Å². The van der Waals surface area contributed by atoms with Crippen LogP contribution in [0.5, 0.6) is 5.75 Å². The van der Waals surface area contributed by atoms with Crippen LogP contribution in [0.15, 0.2) is 53.0 Å². The smallest absolute Gasteiger partial charge is 0.119 e. The number of hydrogen-bond acceptors (Lipinski definition) is 2. The molecular weight excluding hydrogens is 314 g/mol. The highest BCUT2D eigenvalue weighted by atomic mass is 79.9. The maximum Gasteiger partial charge on any atom is 0.119 e. The maximum atomic E-state index is 5.78. The second-order valence-corrected chi connectivity index (χ2v) is 5.63. The fraction of sp³-hybridized carbons (Fsp3) is 0.294. The van der Waals surface area contributed by atoms with Gasteiger partial charge in [-0.1, -0.05) is 33.6 Å². The van der Waals surface area contributed by atoms with Gasteiger partial charge < -0.3 is 9.64 Å². The van der Waals surface area contributed by atoms with Gasteiger partial charge in [0.05, 0.1) is 6.54 Å². The Morgan fingerprint density at radius 3 is 2.25 bits per heavy atom. The maximum absolute atomic E-state index is 5.78. The van der Waals surface area contributed by atoms with Crippen LogP contribution in [0.2, 0.25) is 0 Å². The molecular formula is C17H20BrNO. The summed E-state index contributed by atoms with van der Waals surface area (Å²) in [4.78, 5) is 2.32. The Labute approximate surface area is 129 Å². The molecule has 2 aromatic rings. The Bertz CT molecular complexity index is 522. The zero-order valence-corrected chi connectivity index (χ0v) is 13.6.